The zero-order chi connectivity index (χ0) is 17.9. The van der Waals surface area contributed by atoms with Gasteiger partial charge in [0, 0.05) is 42.5 Å². The topological polar surface area (TPSA) is 90.1 Å². The Morgan fingerprint density at radius 1 is 1.12 bits per heavy atom. The van der Waals surface area contributed by atoms with Crippen LogP contribution < -0.4 is 5.32 Å². The van der Waals surface area contributed by atoms with E-state index in [4.69, 9.17) is 4.74 Å². The highest BCUT2D eigenvalue weighted by molar-refractivity contribution is 5.84. The van der Waals surface area contributed by atoms with Crippen LogP contribution in [0, 0.1) is 0 Å². The normalized spacial score (nSPS) is 11.5. The number of fused-ring (bicyclic) bond motifs is 2. The zero-order valence-corrected chi connectivity index (χ0v) is 14.6. The second-order valence-corrected chi connectivity index (χ2v) is 6.11. The largest absolute Gasteiger partial charge is 0.377 e. The Hall–Kier alpha value is -3.13. The van der Waals surface area contributed by atoms with Crippen molar-refractivity contribution in [3.8, 4) is 11.1 Å². The third kappa shape index (κ3) is 3.31. The molecule has 0 saturated heterocycles. The fourth-order valence-electron chi connectivity index (χ4n) is 2.69. The summed E-state index contributed by atoms with van der Waals surface area (Å²) in [6.45, 7) is 5.29. The van der Waals surface area contributed by atoms with Gasteiger partial charge in [0.25, 0.3) is 0 Å². The zero-order valence-electron chi connectivity index (χ0n) is 14.6. The Morgan fingerprint density at radius 3 is 2.88 bits per heavy atom. The highest BCUT2D eigenvalue weighted by atomic mass is 16.5. The number of anilines is 1. The molecule has 0 saturated carbocycles. The quantitative estimate of drug-likeness (QED) is 0.535. The van der Waals surface area contributed by atoms with Crippen LogP contribution in [-0.2, 0) is 4.74 Å². The number of aromatic nitrogens is 6. The first kappa shape index (κ1) is 16.3. The van der Waals surface area contributed by atoms with Gasteiger partial charge < -0.3 is 10.1 Å². The molecule has 26 heavy (non-hydrogen) atoms. The lowest BCUT2D eigenvalue weighted by Gasteiger charge is -2.08. The van der Waals surface area contributed by atoms with Crippen molar-refractivity contribution >= 4 is 22.6 Å². The van der Waals surface area contributed by atoms with Crippen LogP contribution in [-0.4, -0.2) is 48.8 Å². The van der Waals surface area contributed by atoms with Gasteiger partial charge in [-0.25, -0.2) is 19.5 Å². The van der Waals surface area contributed by atoms with Crippen LogP contribution in [0.3, 0.4) is 0 Å². The molecule has 4 heterocycles. The van der Waals surface area contributed by atoms with Crippen molar-refractivity contribution in [1.82, 2.24) is 29.5 Å². The predicted molar refractivity (Wildman–Crippen MR) is 98.9 cm³/mol. The lowest BCUT2D eigenvalue weighted by atomic mass is 10.1. The number of pyridine rings is 1. The lowest BCUT2D eigenvalue weighted by molar-refractivity contribution is 0.0869. The van der Waals surface area contributed by atoms with Crippen LogP contribution in [0.2, 0.25) is 0 Å². The van der Waals surface area contributed by atoms with E-state index in [-0.39, 0.29) is 6.10 Å². The number of ether oxygens (including phenoxy) is 1. The maximum atomic E-state index is 5.51. The second kappa shape index (κ2) is 7.01. The number of nitrogens with one attached hydrogen (secondary N) is 1. The molecule has 0 aliphatic carbocycles. The molecule has 8 nitrogen and oxygen atoms in total. The molecule has 0 fully saturated rings. The molecule has 0 radical (unpaired) electrons. The average Bonchev–Trinajstić information content (AvgIpc) is 3.08. The minimum atomic E-state index is 0.215. The second-order valence-electron chi connectivity index (χ2n) is 6.11. The number of rotatable bonds is 6. The third-order valence-electron chi connectivity index (χ3n) is 3.89. The average molecular weight is 349 g/mol. The van der Waals surface area contributed by atoms with Crippen LogP contribution in [0.4, 0.5) is 5.95 Å². The molecule has 1 N–H and O–H groups in total. The van der Waals surface area contributed by atoms with E-state index in [9.17, 15) is 0 Å². The maximum absolute atomic E-state index is 5.51. The Kier molecular flexibility index (Phi) is 4.40. The summed E-state index contributed by atoms with van der Waals surface area (Å²) >= 11 is 0. The molecule has 4 aromatic heterocycles. The minimum Gasteiger partial charge on any atom is -0.377 e. The summed E-state index contributed by atoms with van der Waals surface area (Å²) in [5.74, 6) is 0.564. The molecule has 0 bridgehead atoms. The first-order valence-electron chi connectivity index (χ1n) is 8.48. The van der Waals surface area contributed by atoms with E-state index >= 15 is 0 Å². The Morgan fingerprint density at radius 2 is 2.00 bits per heavy atom. The van der Waals surface area contributed by atoms with Gasteiger partial charge >= 0.3 is 0 Å². The molecule has 0 aliphatic rings. The molecule has 132 valence electrons. The van der Waals surface area contributed by atoms with Gasteiger partial charge in [0.05, 0.1) is 24.4 Å². The maximum Gasteiger partial charge on any atom is 0.241 e. The van der Waals surface area contributed by atoms with Gasteiger partial charge in [-0.1, -0.05) is 0 Å². The molecular formula is C18H19N7O. The predicted octanol–water partition coefficient (Wildman–Crippen LogP) is 2.57. The molecule has 0 spiro atoms. The van der Waals surface area contributed by atoms with Crippen LogP contribution >= 0.6 is 0 Å². The van der Waals surface area contributed by atoms with Gasteiger partial charge in [-0.05, 0) is 26.0 Å². The smallest absolute Gasteiger partial charge is 0.241 e. The molecule has 0 atom stereocenters. The van der Waals surface area contributed by atoms with Crippen LogP contribution in [0.1, 0.15) is 13.8 Å². The SMILES string of the molecule is CC(C)OCCNc1ncc2c(-c3cnc4nccnc4c3)ccn2n1. The van der Waals surface area contributed by atoms with E-state index in [1.165, 1.54) is 0 Å². The van der Waals surface area contributed by atoms with Crippen molar-refractivity contribution in [2.75, 3.05) is 18.5 Å². The van der Waals surface area contributed by atoms with Crippen molar-refractivity contribution in [3.05, 3.63) is 43.1 Å². The van der Waals surface area contributed by atoms with Crippen molar-refractivity contribution < 1.29 is 4.74 Å². The number of hydrogen-bond donors (Lipinski definition) is 1. The summed E-state index contributed by atoms with van der Waals surface area (Å²) in [6.07, 6.45) is 9.01. The minimum absolute atomic E-state index is 0.215. The molecule has 4 rings (SSSR count). The Balaban J connectivity index is 1.58. The van der Waals surface area contributed by atoms with Crippen molar-refractivity contribution in [2.45, 2.75) is 20.0 Å². The van der Waals surface area contributed by atoms with Gasteiger partial charge in [-0.3, -0.25) is 4.98 Å². The highest BCUT2D eigenvalue weighted by Crippen LogP contribution is 2.26. The van der Waals surface area contributed by atoms with Crippen LogP contribution in [0.5, 0.6) is 0 Å². The summed E-state index contributed by atoms with van der Waals surface area (Å²) < 4.78 is 7.31. The fraction of sp³-hybridized carbons (Fsp3) is 0.278. The molecule has 8 heteroatoms. The molecule has 0 aliphatic heterocycles. The van der Waals surface area contributed by atoms with Gasteiger partial charge in [0.2, 0.25) is 5.95 Å². The highest BCUT2D eigenvalue weighted by Gasteiger charge is 2.09. The Bertz CT molecular complexity index is 1040. The number of hydrogen-bond acceptors (Lipinski definition) is 7. The summed E-state index contributed by atoms with van der Waals surface area (Å²) in [4.78, 5) is 17.3. The molecular weight excluding hydrogens is 330 g/mol. The standard InChI is InChI=1S/C18H19N7O/c1-12(2)26-8-6-21-18-23-11-16-14(3-7-25(16)24-18)13-9-15-17(22-10-13)20-5-4-19-15/h3-5,7,9-12H,6,8H2,1-2H3,(H,21,24). The van der Waals surface area contributed by atoms with Crippen LogP contribution in [0.15, 0.2) is 43.1 Å². The summed E-state index contributed by atoms with van der Waals surface area (Å²) in [5, 5.41) is 7.66. The molecule has 0 aromatic carbocycles. The Labute approximate surface area is 150 Å². The van der Waals surface area contributed by atoms with Crippen molar-refractivity contribution in [3.63, 3.8) is 0 Å². The number of nitrogens with zero attached hydrogens (tertiary/aromatic N) is 6. The monoisotopic (exact) mass is 349 g/mol. The van der Waals surface area contributed by atoms with E-state index in [0.29, 0.717) is 24.7 Å². The lowest BCUT2D eigenvalue weighted by Crippen LogP contribution is -2.15. The summed E-state index contributed by atoms with van der Waals surface area (Å²) in [7, 11) is 0. The molecule has 0 unspecified atom stereocenters. The van der Waals surface area contributed by atoms with E-state index in [2.05, 4.69) is 30.4 Å². The molecule has 0 amide bonds. The van der Waals surface area contributed by atoms with Gasteiger partial charge in [-0.15, -0.1) is 5.10 Å². The van der Waals surface area contributed by atoms with E-state index < -0.39 is 0 Å². The van der Waals surface area contributed by atoms with Crippen molar-refractivity contribution in [1.29, 1.82) is 0 Å². The first-order valence-corrected chi connectivity index (χ1v) is 8.48. The van der Waals surface area contributed by atoms with Gasteiger partial charge in [0.15, 0.2) is 5.65 Å². The first-order chi connectivity index (χ1) is 12.7. The summed E-state index contributed by atoms with van der Waals surface area (Å²) in [6, 6.07) is 3.97. The van der Waals surface area contributed by atoms with Crippen molar-refractivity contribution in [2.24, 2.45) is 0 Å². The van der Waals surface area contributed by atoms with Crippen LogP contribution in [0.25, 0.3) is 27.8 Å². The van der Waals surface area contributed by atoms with Gasteiger partial charge in [0.1, 0.15) is 5.52 Å². The fourth-order valence-corrected chi connectivity index (χ4v) is 2.69. The van der Waals surface area contributed by atoms with E-state index in [1.807, 2.05) is 32.2 Å². The van der Waals surface area contributed by atoms with Gasteiger partial charge in [-0.2, -0.15) is 0 Å². The van der Waals surface area contributed by atoms with E-state index in [0.717, 1.165) is 22.2 Å². The summed E-state index contributed by atoms with van der Waals surface area (Å²) in [5.41, 5.74) is 4.24. The van der Waals surface area contributed by atoms with E-state index in [1.54, 1.807) is 29.3 Å². The molecule has 4 aromatic rings. The third-order valence-corrected chi connectivity index (χ3v) is 3.89.